The van der Waals surface area contributed by atoms with Gasteiger partial charge in [0.1, 0.15) is 0 Å². The van der Waals surface area contributed by atoms with Gasteiger partial charge in [0, 0.05) is 32.5 Å². The fraction of sp³-hybridized carbons (Fsp3) is 0.250. The van der Waals surface area contributed by atoms with Gasteiger partial charge in [-0.1, -0.05) is 30.8 Å². The summed E-state index contributed by atoms with van der Waals surface area (Å²) in [6.45, 7) is 5.65. The molecule has 23 heavy (non-hydrogen) atoms. The summed E-state index contributed by atoms with van der Waals surface area (Å²) >= 11 is 0. The fourth-order valence-corrected chi connectivity index (χ4v) is 2.67. The highest BCUT2D eigenvalue weighted by Crippen LogP contribution is 2.22. The number of hydrogen-bond donors (Lipinski definition) is 0. The molecule has 1 amide bonds. The molecule has 2 rings (SSSR count). The van der Waals surface area contributed by atoms with E-state index in [0.29, 0.717) is 0 Å². The van der Waals surface area contributed by atoms with Gasteiger partial charge in [0.2, 0.25) is 5.91 Å². The zero-order chi connectivity index (χ0) is 17.0. The normalized spacial score (nSPS) is 10.3. The van der Waals surface area contributed by atoms with Gasteiger partial charge in [-0.2, -0.15) is 0 Å². The first kappa shape index (κ1) is 16.8. The van der Waals surface area contributed by atoms with Crippen LogP contribution < -0.4 is 9.80 Å². The Morgan fingerprint density at radius 3 is 2.17 bits per heavy atom. The molecule has 0 saturated carbocycles. The monoisotopic (exact) mass is 308 g/mol. The molecule has 0 atom stereocenters. The molecule has 0 bridgehead atoms. The molecular formula is C20H24N2O. The molecule has 2 aromatic rings. The number of nitrogens with zero attached hydrogens (tertiary/aromatic N) is 2. The summed E-state index contributed by atoms with van der Waals surface area (Å²) in [6.07, 6.45) is 2.21. The van der Waals surface area contributed by atoms with Crippen molar-refractivity contribution in [3.8, 4) is 0 Å². The molecular weight excluding hydrogens is 284 g/mol. The van der Waals surface area contributed by atoms with E-state index < -0.39 is 0 Å². The summed E-state index contributed by atoms with van der Waals surface area (Å²) in [7, 11) is 5.87. The summed E-state index contributed by atoms with van der Waals surface area (Å²) in [5.41, 5.74) is 5.91. The van der Waals surface area contributed by atoms with Gasteiger partial charge >= 0.3 is 0 Å². The Labute approximate surface area is 138 Å². The van der Waals surface area contributed by atoms with Crippen molar-refractivity contribution in [2.24, 2.45) is 0 Å². The number of anilines is 2. The van der Waals surface area contributed by atoms with Crippen molar-refractivity contribution in [3.05, 3.63) is 71.8 Å². The van der Waals surface area contributed by atoms with Gasteiger partial charge in [-0.3, -0.25) is 4.79 Å². The highest BCUT2D eigenvalue weighted by molar-refractivity contribution is 6.00. The maximum atomic E-state index is 11.6. The van der Waals surface area contributed by atoms with Crippen LogP contribution in [-0.2, 0) is 11.2 Å². The zero-order valence-electron chi connectivity index (χ0n) is 14.3. The van der Waals surface area contributed by atoms with Crippen molar-refractivity contribution in [2.75, 3.05) is 30.9 Å². The van der Waals surface area contributed by atoms with Crippen LogP contribution in [0.1, 0.15) is 16.7 Å². The minimum absolute atomic E-state index is 0.104. The number of carbonyl (C=O) groups excluding carboxylic acids is 1. The minimum atomic E-state index is -0.104. The molecule has 0 saturated heterocycles. The van der Waals surface area contributed by atoms with Crippen LogP contribution in [0.5, 0.6) is 0 Å². The highest BCUT2D eigenvalue weighted by Gasteiger charge is 2.07. The van der Waals surface area contributed by atoms with Crippen molar-refractivity contribution >= 4 is 17.3 Å². The lowest BCUT2D eigenvalue weighted by atomic mass is 10.0. The average Bonchev–Trinajstić information content (AvgIpc) is 2.54. The van der Waals surface area contributed by atoms with Crippen LogP contribution in [0.3, 0.4) is 0 Å². The second-order valence-corrected chi connectivity index (χ2v) is 5.96. The third-order valence-electron chi connectivity index (χ3n) is 3.98. The largest absolute Gasteiger partial charge is 0.377 e. The Bertz CT molecular complexity index is 702. The summed E-state index contributed by atoms with van der Waals surface area (Å²) in [5, 5.41) is 0. The Hall–Kier alpha value is -2.55. The van der Waals surface area contributed by atoms with Crippen LogP contribution in [0, 0.1) is 6.92 Å². The zero-order valence-corrected chi connectivity index (χ0v) is 14.3. The molecule has 0 aromatic heterocycles. The molecule has 0 unspecified atom stereocenters. The summed E-state index contributed by atoms with van der Waals surface area (Å²) in [5.74, 6) is -0.104. The first-order valence-corrected chi connectivity index (χ1v) is 7.68. The summed E-state index contributed by atoms with van der Waals surface area (Å²) in [4.78, 5) is 15.3. The van der Waals surface area contributed by atoms with Gasteiger partial charge in [-0.05, 0) is 54.3 Å². The number of aryl methyl sites for hydroxylation is 1. The lowest BCUT2D eigenvalue weighted by Crippen LogP contribution is -2.23. The molecule has 2 aromatic carbocycles. The molecule has 3 nitrogen and oxygen atoms in total. The third kappa shape index (κ3) is 4.01. The van der Waals surface area contributed by atoms with E-state index >= 15 is 0 Å². The Kier molecular flexibility index (Phi) is 5.22. The molecule has 0 aliphatic heterocycles. The van der Waals surface area contributed by atoms with Gasteiger partial charge < -0.3 is 9.80 Å². The molecule has 120 valence electrons. The van der Waals surface area contributed by atoms with Crippen LogP contribution >= 0.6 is 0 Å². The Balaban J connectivity index is 2.14. The van der Waals surface area contributed by atoms with E-state index in [1.54, 1.807) is 11.9 Å². The molecule has 0 fully saturated rings. The first-order valence-electron chi connectivity index (χ1n) is 7.68. The van der Waals surface area contributed by atoms with Crippen LogP contribution in [-0.4, -0.2) is 27.1 Å². The SMILES string of the molecule is C=CC(=O)N(C)c1ccc(Cc2ccc(N(C)C)c(C)c2)cc1. The van der Waals surface area contributed by atoms with E-state index in [1.165, 1.54) is 28.5 Å². The summed E-state index contributed by atoms with van der Waals surface area (Å²) in [6, 6.07) is 14.6. The van der Waals surface area contributed by atoms with E-state index in [-0.39, 0.29) is 5.91 Å². The van der Waals surface area contributed by atoms with Crippen LogP contribution in [0.4, 0.5) is 11.4 Å². The predicted octanol–water partition coefficient (Wildman–Crippen LogP) is 3.80. The molecule has 0 aliphatic carbocycles. The number of carbonyl (C=O) groups is 1. The van der Waals surface area contributed by atoms with Gasteiger partial charge in [0.25, 0.3) is 0 Å². The number of hydrogen-bond acceptors (Lipinski definition) is 2. The van der Waals surface area contributed by atoms with Crippen LogP contribution in [0.2, 0.25) is 0 Å². The predicted molar refractivity (Wildman–Crippen MR) is 98.4 cm³/mol. The molecule has 0 aliphatic rings. The van der Waals surface area contributed by atoms with E-state index in [9.17, 15) is 4.79 Å². The van der Waals surface area contributed by atoms with E-state index in [2.05, 4.69) is 62.8 Å². The van der Waals surface area contributed by atoms with E-state index in [0.717, 1.165) is 12.1 Å². The maximum absolute atomic E-state index is 11.6. The standard InChI is InChI=1S/C20H24N2O/c1-6-20(23)22(5)18-10-7-16(8-11-18)14-17-9-12-19(21(3)4)15(2)13-17/h6-13H,1,14H2,2-5H3. The van der Waals surface area contributed by atoms with Crippen LogP contribution in [0.15, 0.2) is 55.1 Å². The highest BCUT2D eigenvalue weighted by atomic mass is 16.2. The van der Waals surface area contributed by atoms with Crippen molar-refractivity contribution in [1.82, 2.24) is 0 Å². The fourth-order valence-electron chi connectivity index (χ4n) is 2.67. The number of likely N-dealkylation sites (N-methyl/N-ethyl adjacent to an activating group) is 1. The second-order valence-electron chi connectivity index (χ2n) is 5.96. The molecule has 0 heterocycles. The van der Waals surface area contributed by atoms with Crippen molar-refractivity contribution in [1.29, 1.82) is 0 Å². The first-order chi connectivity index (χ1) is 10.9. The van der Waals surface area contributed by atoms with Gasteiger partial charge in [-0.25, -0.2) is 0 Å². The van der Waals surface area contributed by atoms with E-state index in [4.69, 9.17) is 0 Å². The lowest BCUT2D eigenvalue weighted by molar-refractivity contribution is -0.113. The second kappa shape index (κ2) is 7.14. The van der Waals surface area contributed by atoms with Crippen LogP contribution in [0.25, 0.3) is 0 Å². The third-order valence-corrected chi connectivity index (χ3v) is 3.98. The molecule has 3 heteroatoms. The molecule has 0 N–H and O–H groups in total. The van der Waals surface area contributed by atoms with Crippen molar-refractivity contribution < 1.29 is 4.79 Å². The average molecular weight is 308 g/mol. The minimum Gasteiger partial charge on any atom is -0.377 e. The topological polar surface area (TPSA) is 23.6 Å². The Morgan fingerprint density at radius 2 is 1.65 bits per heavy atom. The number of rotatable bonds is 5. The maximum Gasteiger partial charge on any atom is 0.250 e. The molecule has 0 spiro atoms. The van der Waals surface area contributed by atoms with Gasteiger partial charge in [0.15, 0.2) is 0 Å². The van der Waals surface area contributed by atoms with Gasteiger partial charge in [-0.15, -0.1) is 0 Å². The smallest absolute Gasteiger partial charge is 0.250 e. The van der Waals surface area contributed by atoms with Crippen molar-refractivity contribution in [3.63, 3.8) is 0 Å². The summed E-state index contributed by atoms with van der Waals surface area (Å²) < 4.78 is 0. The van der Waals surface area contributed by atoms with E-state index in [1.807, 2.05) is 12.1 Å². The van der Waals surface area contributed by atoms with Crippen molar-refractivity contribution in [2.45, 2.75) is 13.3 Å². The number of benzene rings is 2. The van der Waals surface area contributed by atoms with Gasteiger partial charge in [0.05, 0.1) is 0 Å². The quantitative estimate of drug-likeness (QED) is 0.784. The lowest BCUT2D eigenvalue weighted by Gasteiger charge is -2.17. The molecule has 0 radical (unpaired) electrons. The number of amides is 1. The Morgan fingerprint density at radius 1 is 1.04 bits per heavy atom.